The average Bonchev–Trinajstić information content (AvgIpc) is 2.04. The molecule has 13 heavy (non-hydrogen) atoms. The second-order valence-corrected chi connectivity index (χ2v) is 4.37. The Balaban J connectivity index is 2.33. The standard InChI is InChI=1S/C11H24N2/c1-4-6-10-7-11(12-5-2)9-13(3)8-10/h10-12H,4-9H2,1-3H3. The van der Waals surface area contributed by atoms with E-state index in [0.29, 0.717) is 0 Å². The highest BCUT2D eigenvalue weighted by Gasteiger charge is 2.23. The number of hydrogen-bond acceptors (Lipinski definition) is 2. The quantitative estimate of drug-likeness (QED) is 0.715. The third-order valence-corrected chi connectivity index (χ3v) is 2.91. The molecule has 0 spiro atoms. The summed E-state index contributed by atoms with van der Waals surface area (Å²) in [5, 5.41) is 3.56. The summed E-state index contributed by atoms with van der Waals surface area (Å²) in [7, 11) is 2.24. The second kappa shape index (κ2) is 5.61. The van der Waals surface area contributed by atoms with Crippen LogP contribution < -0.4 is 5.32 Å². The highest BCUT2D eigenvalue weighted by molar-refractivity contribution is 4.81. The Labute approximate surface area is 82.7 Å². The molecule has 0 radical (unpaired) electrons. The topological polar surface area (TPSA) is 15.3 Å². The maximum absolute atomic E-state index is 3.56. The highest BCUT2D eigenvalue weighted by atomic mass is 15.1. The van der Waals surface area contributed by atoms with Crippen molar-refractivity contribution in [1.82, 2.24) is 10.2 Å². The van der Waals surface area contributed by atoms with Crippen LogP contribution in [-0.4, -0.2) is 37.6 Å². The molecule has 0 aliphatic carbocycles. The molecule has 1 rings (SSSR count). The number of rotatable bonds is 4. The monoisotopic (exact) mass is 184 g/mol. The van der Waals surface area contributed by atoms with E-state index >= 15 is 0 Å². The number of hydrogen-bond donors (Lipinski definition) is 1. The molecular weight excluding hydrogens is 160 g/mol. The molecular formula is C11H24N2. The SMILES string of the molecule is CCCC1CC(NCC)CN(C)C1. The molecule has 0 bridgehead atoms. The van der Waals surface area contributed by atoms with Gasteiger partial charge in [-0.3, -0.25) is 0 Å². The minimum atomic E-state index is 0.736. The van der Waals surface area contributed by atoms with Gasteiger partial charge >= 0.3 is 0 Å². The predicted octanol–water partition coefficient (Wildman–Crippen LogP) is 1.72. The number of piperidine rings is 1. The molecule has 0 saturated carbocycles. The molecule has 78 valence electrons. The van der Waals surface area contributed by atoms with Crippen molar-refractivity contribution in [3.8, 4) is 0 Å². The van der Waals surface area contributed by atoms with Crippen molar-refractivity contribution in [3.63, 3.8) is 0 Å². The molecule has 1 saturated heterocycles. The van der Waals surface area contributed by atoms with E-state index in [1.54, 1.807) is 0 Å². The summed E-state index contributed by atoms with van der Waals surface area (Å²) in [5.41, 5.74) is 0. The molecule has 1 heterocycles. The molecule has 2 unspecified atom stereocenters. The lowest BCUT2D eigenvalue weighted by Gasteiger charge is -2.36. The fourth-order valence-corrected chi connectivity index (χ4v) is 2.50. The normalized spacial score (nSPS) is 30.7. The first-order valence-electron chi connectivity index (χ1n) is 5.68. The highest BCUT2D eigenvalue weighted by Crippen LogP contribution is 2.19. The van der Waals surface area contributed by atoms with Crippen molar-refractivity contribution in [2.24, 2.45) is 5.92 Å². The van der Waals surface area contributed by atoms with Gasteiger partial charge < -0.3 is 10.2 Å². The van der Waals surface area contributed by atoms with Crippen LogP contribution in [0.2, 0.25) is 0 Å². The summed E-state index contributed by atoms with van der Waals surface area (Å²) < 4.78 is 0. The first-order valence-corrected chi connectivity index (χ1v) is 5.68. The average molecular weight is 184 g/mol. The summed E-state index contributed by atoms with van der Waals surface area (Å²) in [6, 6.07) is 0.736. The Bertz CT molecular complexity index is 122. The van der Waals surface area contributed by atoms with Gasteiger partial charge in [0.05, 0.1) is 0 Å². The molecule has 0 aromatic heterocycles. The maximum atomic E-state index is 3.56. The zero-order chi connectivity index (χ0) is 9.68. The lowest BCUT2D eigenvalue weighted by Crippen LogP contribution is -2.47. The van der Waals surface area contributed by atoms with E-state index in [0.717, 1.165) is 18.5 Å². The van der Waals surface area contributed by atoms with Gasteiger partial charge in [0.15, 0.2) is 0 Å². The van der Waals surface area contributed by atoms with Crippen LogP contribution in [0.1, 0.15) is 33.1 Å². The van der Waals surface area contributed by atoms with Gasteiger partial charge in [0.1, 0.15) is 0 Å². The molecule has 1 N–H and O–H groups in total. The third-order valence-electron chi connectivity index (χ3n) is 2.91. The predicted molar refractivity (Wildman–Crippen MR) is 58.0 cm³/mol. The van der Waals surface area contributed by atoms with E-state index in [9.17, 15) is 0 Å². The Hall–Kier alpha value is -0.0800. The minimum absolute atomic E-state index is 0.736. The van der Waals surface area contributed by atoms with Gasteiger partial charge in [-0.1, -0.05) is 20.3 Å². The molecule has 0 amide bonds. The van der Waals surface area contributed by atoms with Gasteiger partial charge in [0, 0.05) is 19.1 Å². The number of likely N-dealkylation sites (tertiary alicyclic amines) is 1. The van der Waals surface area contributed by atoms with Crippen LogP contribution in [0.3, 0.4) is 0 Å². The molecule has 0 aromatic rings. The Morgan fingerprint density at radius 1 is 1.31 bits per heavy atom. The largest absolute Gasteiger partial charge is 0.313 e. The molecule has 2 atom stereocenters. The third kappa shape index (κ3) is 3.65. The lowest BCUT2D eigenvalue weighted by molar-refractivity contribution is 0.164. The van der Waals surface area contributed by atoms with Crippen molar-refractivity contribution in [2.75, 3.05) is 26.7 Å². The first-order chi connectivity index (χ1) is 6.26. The molecule has 1 aliphatic heterocycles. The first kappa shape index (κ1) is 11.0. The van der Waals surface area contributed by atoms with Gasteiger partial charge in [0.2, 0.25) is 0 Å². The fraction of sp³-hybridized carbons (Fsp3) is 1.00. The van der Waals surface area contributed by atoms with Crippen LogP contribution in [-0.2, 0) is 0 Å². The van der Waals surface area contributed by atoms with Crippen molar-refractivity contribution >= 4 is 0 Å². The summed E-state index contributed by atoms with van der Waals surface area (Å²) in [6.45, 7) is 8.13. The molecule has 0 aromatic carbocycles. The fourth-order valence-electron chi connectivity index (χ4n) is 2.50. The van der Waals surface area contributed by atoms with Crippen LogP contribution in [0, 0.1) is 5.92 Å². The van der Waals surface area contributed by atoms with Gasteiger partial charge in [-0.15, -0.1) is 0 Å². The van der Waals surface area contributed by atoms with Crippen molar-refractivity contribution in [1.29, 1.82) is 0 Å². The Kier molecular flexibility index (Phi) is 4.74. The van der Waals surface area contributed by atoms with Crippen LogP contribution in [0.5, 0.6) is 0 Å². The van der Waals surface area contributed by atoms with Gasteiger partial charge in [-0.25, -0.2) is 0 Å². The molecule has 2 heteroatoms. The lowest BCUT2D eigenvalue weighted by atomic mass is 9.91. The van der Waals surface area contributed by atoms with Crippen LogP contribution in [0.15, 0.2) is 0 Å². The van der Waals surface area contributed by atoms with Crippen molar-refractivity contribution in [3.05, 3.63) is 0 Å². The van der Waals surface area contributed by atoms with Gasteiger partial charge in [-0.05, 0) is 32.4 Å². The van der Waals surface area contributed by atoms with Crippen LogP contribution >= 0.6 is 0 Å². The molecule has 2 nitrogen and oxygen atoms in total. The summed E-state index contributed by atoms with van der Waals surface area (Å²) in [5.74, 6) is 0.924. The Morgan fingerprint density at radius 2 is 2.08 bits per heavy atom. The van der Waals surface area contributed by atoms with E-state index in [1.165, 1.54) is 32.4 Å². The Morgan fingerprint density at radius 3 is 2.69 bits per heavy atom. The van der Waals surface area contributed by atoms with E-state index in [-0.39, 0.29) is 0 Å². The van der Waals surface area contributed by atoms with E-state index < -0.39 is 0 Å². The van der Waals surface area contributed by atoms with Crippen LogP contribution in [0.4, 0.5) is 0 Å². The van der Waals surface area contributed by atoms with E-state index in [2.05, 4.69) is 31.1 Å². The van der Waals surface area contributed by atoms with Crippen LogP contribution in [0.25, 0.3) is 0 Å². The van der Waals surface area contributed by atoms with Crippen molar-refractivity contribution < 1.29 is 0 Å². The summed E-state index contributed by atoms with van der Waals surface area (Å²) in [4.78, 5) is 2.47. The van der Waals surface area contributed by atoms with E-state index in [1.807, 2.05) is 0 Å². The zero-order valence-electron chi connectivity index (χ0n) is 9.34. The summed E-state index contributed by atoms with van der Waals surface area (Å²) in [6.07, 6.45) is 4.11. The number of nitrogens with zero attached hydrogens (tertiary/aromatic N) is 1. The maximum Gasteiger partial charge on any atom is 0.0197 e. The molecule has 1 fully saturated rings. The van der Waals surface area contributed by atoms with Gasteiger partial charge in [-0.2, -0.15) is 0 Å². The van der Waals surface area contributed by atoms with Gasteiger partial charge in [0.25, 0.3) is 0 Å². The summed E-state index contributed by atoms with van der Waals surface area (Å²) >= 11 is 0. The van der Waals surface area contributed by atoms with Crippen molar-refractivity contribution in [2.45, 2.75) is 39.2 Å². The second-order valence-electron chi connectivity index (χ2n) is 4.37. The zero-order valence-corrected chi connectivity index (χ0v) is 9.34. The number of likely N-dealkylation sites (N-methyl/N-ethyl adjacent to an activating group) is 2. The minimum Gasteiger partial charge on any atom is -0.313 e. The molecule has 1 aliphatic rings. The number of nitrogens with one attached hydrogen (secondary N) is 1. The van der Waals surface area contributed by atoms with E-state index in [4.69, 9.17) is 0 Å². The smallest absolute Gasteiger partial charge is 0.0197 e.